The van der Waals surface area contributed by atoms with Crippen molar-refractivity contribution in [2.45, 2.75) is 104 Å². The summed E-state index contributed by atoms with van der Waals surface area (Å²) in [5.41, 5.74) is -0.539. The van der Waals surface area contributed by atoms with Crippen molar-refractivity contribution < 1.29 is 19.4 Å². The molecule has 0 heterocycles. The number of carbonyl (C=O) groups is 2. The molecule has 4 nitrogen and oxygen atoms in total. The molecule has 6 heteroatoms. The van der Waals surface area contributed by atoms with Gasteiger partial charge in [0.2, 0.25) is 0 Å². The van der Waals surface area contributed by atoms with Crippen molar-refractivity contribution in [1.82, 2.24) is 0 Å². The molecule has 0 aliphatic carbocycles. The molecule has 0 spiro atoms. The van der Waals surface area contributed by atoms with Crippen LogP contribution in [-0.4, -0.2) is 92.9 Å². The quantitative estimate of drug-likeness (QED) is 0.215. The number of hydrogen-bond acceptors (Lipinski definition) is 3. The summed E-state index contributed by atoms with van der Waals surface area (Å²) in [6, 6.07) is 0. The monoisotopic (exact) mass is 376 g/mol. The van der Waals surface area contributed by atoms with Crippen molar-refractivity contribution >= 4 is 82.2 Å². The third-order valence-electron chi connectivity index (χ3n) is 4.68. The maximum absolute atomic E-state index is 11.9. The number of unbranched alkanes of at least 4 members (excludes halogenated alkanes) is 5. The zero-order valence-corrected chi connectivity index (χ0v) is 15.5. The summed E-state index contributed by atoms with van der Waals surface area (Å²) < 4.78 is 5.69. The zero-order valence-electron chi connectivity index (χ0n) is 15.5. The van der Waals surface area contributed by atoms with E-state index in [-0.39, 0.29) is 70.2 Å². The second kappa shape index (κ2) is 18.5. The van der Waals surface area contributed by atoms with E-state index in [0.29, 0.717) is 5.92 Å². The summed E-state index contributed by atoms with van der Waals surface area (Å²) in [4.78, 5) is 22.6. The van der Waals surface area contributed by atoms with Gasteiger partial charge in [-0.15, -0.1) is 0 Å². The number of carboxylic acid groups (broad SMARTS) is 1. The molecule has 0 saturated heterocycles. The van der Waals surface area contributed by atoms with Crippen molar-refractivity contribution in [2.75, 3.05) is 0 Å². The number of carbonyl (C=O) groups excluding carboxylic acids is 1. The molecule has 0 aromatic carbocycles. The summed E-state index contributed by atoms with van der Waals surface area (Å²) in [6.45, 7) is 8.48. The second-order valence-corrected chi connectivity index (χ2v) is 6.77. The molecule has 0 rings (SSSR count). The van der Waals surface area contributed by atoms with Crippen molar-refractivity contribution in [3.63, 3.8) is 0 Å². The Hall–Kier alpha value is 1.17. The van der Waals surface area contributed by atoms with Gasteiger partial charge >= 0.3 is 82.2 Å². The molecule has 0 saturated carbocycles. The average Bonchev–Trinajstić information content (AvgIpc) is 2.47. The van der Waals surface area contributed by atoms with Crippen LogP contribution in [0.25, 0.3) is 0 Å². The van der Waals surface area contributed by atoms with Crippen LogP contribution in [0.4, 0.5) is 0 Å². The molecule has 0 fully saturated rings. The van der Waals surface area contributed by atoms with Gasteiger partial charge in [0.05, 0.1) is 0 Å². The Labute approximate surface area is 209 Å². The van der Waals surface area contributed by atoms with Crippen LogP contribution in [0.2, 0.25) is 0 Å². The first-order valence-corrected chi connectivity index (χ1v) is 9.33. The summed E-state index contributed by atoms with van der Waals surface area (Å²) in [5.74, 6) is -1.43. The zero-order chi connectivity index (χ0) is 17.7. The molecule has 0 aliphatic rings. The van der Waals surface area contributed by atoms with E-state index in [1.165, 1.54) is 25.7 Å². The van der Waals surface area contributed by atoms with Crippen LogP contribution in [0.1, 0.15) is 98.3 Å². The van der Waals surface area contributed by atoms with Gasteiger partial charge in [0.25, 0.3) is 0 Å². The van der Waals surface area contributed by atoms with Gasteiger partial charge in [-0.3, -0.25) is 9.59 Å². The molecule has 0 aliphatic heterocycles. The van der Waals surface area contributed by atoms with Crippen molar-refractivity contribution in [2.24, 2.45) is 5.92 Å². The fraction of sp³-hybridized carbons (Fsp3) is 0.895. The van der Waals surface area contributed by atoms with Gasteiger partial charge in [-0.2, -0.15) is 0 Å². The normalized spacial score (nSPS) is 13.8. The van der Waals surface area contributed by atoms with Gasteiger partial charge in [0.1, 0.15) is 12.0 Å². The first-order chi connectivity index (χ1) is 10.9. The Morgan fingerprint density at radius 2 is 1.56 bits per heavy atom. The first kappa shape index (κ1) is 30.9. The Morgan fingerprint density at radius 1 is 1.00 bits per heavy atom. The fourth-order valence-corrected chi connectivity index (χ4v) is 3.24. The second-order valence-electron chi connectivity index (χ2n) is 6.77. The Kier molecular flexibility index (Phi) is 22.9. The third-order valence-corrected chi connectivity index (χ3v) is 4.68. The SMILES string of the molecule is CCCCCCC(C)(OC(=O)CC(=O)O)C(CC)CCCCC.[KH].[LiH]. The molecule has 2 atom stereocenters. The van der Waals surface area contributed by atoms with Gasteiger partial charge in [0, 0.05) is 0 Å². The number of carboxylic acids is 1. The predicted octanol–water partition coefficient (Wildman–Crippen LogP) is 4.04. The van der Waals surface area contributed by atoms with E-state index in [1.54, 1.807) is 0 Å². The summed E-state index contributed by atoms with van der Waals surface area (Å²) in [6.07, 6.45) is 10.3. The summed E-state index contributed by atoms with van der Waals surface area (Å²) in [5, 5.41) is 8.80. The van der Waals surface area contributed by atoms with E-state index in [2.05, 4.69) is 20.8 Å². The number of aliphatic carboxylic acids is 1. The van der Waals surface area contributed by atoms with E-state index >= 15 is 0 Å². The van der Waals surface area contributed by atoms with E-state index in [1.807, 2.05) is 6.92 Å². The van der Waals surface area contributed by atoms with Crippen LogP contribution in [0.5, 0.6) is 0 Å². The van der Waals surface area contributed by atoms with E-state index in [0.717, 1.165) is 38.5 Å². The fourth-order valence-electron chi connectivity index (χ4n) is 3.24. The number of esters is 1. The van der Waals surface area contributed by atoms with E-state index in [9.17, 15) is 9.59 Å². The molecular weight excluding hydrogens is 338 g/mol. The Bertz CT molecular complexity index is 352. The van der Waals surface area contributed by atoms with Crippen LogP contribution in [-0.2, 0) is 14.3 Å². The Balaban J connectivity index is -0.00000242. The van der Waals surface area contributed by atoms with Gasteiger partial charge in [-0.05, 0) is 38.5 Å². The standard InChI is InChI=1S/C19H36O4.K.Li.2H/c1-5-8-10-12-14-19(4,23-18(22)15-17(20)21)16(7-3)13-11-9-6-2;;;;/h16H,5-15H2,1-4H3,(H,20,21);;;;. The topological polar surface area (TPSA) is 63.6 Å². The van der Waals surface area contributed by atoms with Gasteiger partial charge in [-0.1, -0.05) is 59.3 Å². The summed E-state index contributed by atoms with van der Waals surface area (Å²) in [7, 11) is 0. The number of rotatable bonds is 14. The molecule has 2 unspecified atom stereocenters. The summed E-state index contributed by atoms with van der Waals surface area (Å²) >= 11 is 0. The van der Waals surface area contributed by atoms with Gasteiger partial charge < -0.3 is 9.84 Å². The van der Waals surface area contributed by atoms with Crippen LogP contribution < -0.4 is 0 Å². The van der Waals surface area contributed by atoms with E-state index < -0.39 is 24.0 Å². The van der Waals surface area contributed by atoms with Crippen molar-refractivity contribution in [3.8, 4) is 0 Å². The minimum absolute atomic E-state index is 0. The molecule has 0 aromatic rings. The minimum atomic E-state index is -1.12. The van der Waals surface area contributed by atoms with Crippen molar-refractivity contribution in [1.29, 1.82) is 0 Å². The molecule has 0 bridgehead atoms. The number of hydrogen-bond donors (Lipinski definition) is 1. The van der Waals surface area contributed by atoms with Crippen LogP contribution in [0, 0.1) is 5.92 Å². The molecular formula is C19H38KLiO4. The molecule has 1 N–H and O–H groups in total. The first-order valence-electron chi connectivity index (χ1n) is 9.33. The third kappa shape index (κ3) is 14.8. The van der Waals surface area contributed by atoms with Crippen LogP contribution in [0.3, 0.4) is 0 Å². The van der Waals surface area contributed by atoms with Gasteiger partial charge in [-0.25, -0.2) is 0 Å². The van der Waals surface area contributed by atoms with Crippen LogP contribution in [0.15, 0.2) is 0 Å². The molecule has 0 aromatic heterocycles. The molecule has 140 valence electrons. The molecule has 0 radical (unpaired) electrons. The maximum atomic E-state index is 11.9. The van der Waals surface area contributed by atoms with E-state index in [4.69, 9.17) is 9.84 Å². The van der Waals surface area contributed by atoms with Crippen LogP contribution >= 0.6 is 0 Å². The van der Waals surface area contributed by atoms with Crippen molar-refractivity contribution in [3.05, 3.63) is 0 Å². The predicted molar refractivity (Wildman–Crippen MR) is 108 cm³/mol. The average molecular weight is 377 g/mol. The number of ether oxygens (including phenoxy) is 1. The molecule has 0 amide bonds. The molecule has 25 heavy (non-hydrogen) atoms. The Morgan fingerprint density at radius 3 is 2.04 bits per heavy atom. The van der Waals surface area contributed by atoms with Gasteiger partial charge in [0.15, 0.2) is 0 Å².